The zero-order valence-electron chi connectivity index (χ0n) is 11.3. The Morgan fingerprint density at radius 3 is 2.85 bits per heavy atom. The van der Waals surface area contributed by atoms with E-state index in [1.165, 1.54) is 0 Å². The minimum absolute atomic E-state index is 0.0847. The van der Waals surface area contributed by atoms with Gasteiger partial charge in [0.2, 0.25) is 0 Å². The van der Waals surface area contributed by atoms with Crippen LogP contribution in [0, 0.1) is 5.41 Å². The van der Waals surface area contributed by atoms with Gasteiger partial charge in [0.15, 0.2) is 0 Å². The molecule has 2 aromatic rings. The highest BCUT2D eigenvalue weighted by atomic mass is 16.3. The van der Waals surface area contributed by atoms with Crippen molar-refractivity contribution in [3.05, 3.63) is 42.1 Å². The van der Waals surface area contributed by atoms with Crippen molar-refractivity contribution in [3.8, 4) is 0 Å². The Labute approximate surface area is 117 Å². The number of nitrogens with zero attached hydrogens (tertiary/aromatic N) is 1. The minimum atomic E-state index is -0.0847. The highest BCUT2D eigenvalue weighted by Crippen LogP contribution is 2.47. The second-order valence-electron chi connectivity index (χ2n) is 5.54. The van der Waals surface area contributed by atoms with Gasteiger partial charge in [0.25, 0.3) is 5.91 Å². The number of para-hydroxylation sites is 1. The summed E-state index contributed by atoms with van der Waals surface area (Å²) in [6.07, 6.45) is 4.64. The first-order valence-corrected chi connectivity index (χ1v) is 6.97. The molecule has 1 amide bonds. The lowest BCUT2D eigenvalue weighted by molar-refractivity contribution is 0.0942. The number of hydrogen-bond donors (Lipinski definition) is 2. The molecule has 2 N–H and O–H groups in total. The number of carbonyl (C=O) groups is 1. The quantitative estimate of drug-likeness (QED) is 0.875. The fourth-order valence-electron chi connectivity index (χ4n) is 2.58. The summed E-state index contributed by atoms with van der Waals surface area (Å²) in [6.45, 7) is 0.821. The van der Waals surface area contributed by atoms with Gasteiger partial charge in [0, 0.05) is 24.7 Å². The molecule has 0 saturated heterocycles. The van der Waals surface area contributed by atoms with E-state index in [0.29, 0.717) is 12.1 Å². The Morgan fingerprint density at radius 2 is 2.10 bits per heavy atom. The third kappa shape index (κ3) is 2.51. The first kappa shape index (κ1) is 13.1. The number of rotatable bonds is 5. The van der Waals surface area contributed by atoms with E-state index < -0.39 is 0 Å². The molecule has 0 bridgehead atoms. The number of carbonyl (C=O) groups excluding carboxylic acids is 1. The summed E-state index contributed by atoms with van der Waals surface area (Å²) >= 11 is 0. The van der Waals surface area contributed by atoms with Crippen molar-refractivity contribution in [3.63, 3.8) is 0 Å². The molecule has 1 aliphatic rings. The maximum Gasteiger partial charge on any atom is 0.253 e. The molecule has 20 heavy (non-hydrogen) atoms. The fraction of sp³-hybridized carbons (Fsp3) is 0.375. The molecule has 0 spiro atoms. The second-order valence-corrected chi connectivity index (χ2v) is 5.54. The van der Waals surface area contributed by atoms with Gasteiger partial charge in [0.05, 0.1) is 11.1 Å². The maximum absolute atomic E-state index is 12.3. The van der Waals surface area contributed by atoms with E-state index in [-0.39, 0.29) is 17.9 Å². The highest BCUT2D eigenvalue weighted by molar-refractivity contribution is 6.05. The van der Waals surface area contributed by atoms with Gasteiger partial charge in [-0.05, 0) is 36.8 Å². The van der Waals surface area contributed by atoms with Crippen LogP contribution >= 0.6 is 0 Å². The molecule has 3 rings (SSSR count). The lowest BCUT2D eigenvalue weighted by Gasteiger charge is -2.15. The molecule has 1 aliphatic carbocycles. The largest absolute Gasteiger partial charge is 0.396 e. The normalized spacial score (nSPS) is 16.1. The van der Waals surface area contributed by atoms with Crippen molar-refractivity contribution in [2.24, 2.45) is 5.41 Å². The predicted molar refractivity (Wildman–Crippen MR) is 77.4 cm³/mol. The Morgan fingerprint density at radius 1 is 1.30 bits per heavy atom. The van der Waals surface area contributed by atoms with Gasteiger partial charge < -0.3 is 10.4 Å². The molecule has 0 unspecified atom stereocenters. The molecule has 1 fully saturated rings. The highest BCUT2D eigenvalue weighted by Gasteiger charge is 2.41. The second kappa shape index (κ2) is 5.21. The SMILES string of the molecule is O=C(NCC1(CCO)CC1)c1cccc2cccnc12. The van der Waals surface area contributed by atoms with Crippen molar-refractivity contribution in [2.75, 3.05) is 13.2 Å². The first-order chi connectivity index (χ1) is 9.74. The average Bonchev–Trinajstić information content (AvgIpc) is 3.25. The molecule has 4 heteroatoms. The molecule has 0 atom stereocenters. The Kier molecular flexibility index (Phi) is 3.40. The number of fused-ring (bicyclic) bond motifs is 1. The summed E-state index contributed by atoms with van der Waals surface area (Å²) in [5.41, 5.74) is 1.48. The third-order valence-electron chi connectivity index (χ3n) is 4.10. The zero-order valence-corrected chi connectivity index (χ0v) is 11.3. The van der Waals surface area contributed by atoms with Crippen LogP contribution in [0.3, 0.4) is 0 Å². The van der Waals surface area contributed by atoms with Crippen LogP contribution in [0.1, 0.15) is 29.6 Å². The van der Waals surface area contributed by atoms with Gasteiger partial charge in [-0.3, -0.25) is 9.78 Å². The number of aliphatic hydroxyl groups excluding tert-OH is 1. The van der Waals surface area contributed by atoms with Crippen LogP contribution in [-0.2, 0) is 0 Å². The maximum atomic E-state index is 12.3. The molecule has 4 nitrogen and oxygen atoms in total. The number of amides is 1. The first-order valence-electron chi connectivity index (χ1n) is 6.97. The molecular formula is C16H18N2O2. The molecule has 1 aromatic heterocycles. The average molecular weight is 270 g/mol. The van der Waals surface area contributed by atoms with Gasteiger partial charge in [-0.1, -0.05) is 18.2 Å². The molecule has 1 saturated carbocycles. The standard InChI is InChI=1S/C16H18N2O2/c19-10-8-16(6-7-16)11-18-15(20)13-5-1-3-12-4-2-9-17-14(12)13/h1-5,9,19H,6-8,10-11H2,(H,18,20). The van der Waals surface area contributed by atoms with E-state index in [4.69, 9.17) is 5.11 Å². The number of nitrogens with one attached hydrogen (secondary N) is 1. The molecular weight excluding hydrogens is 252 g/mol. The van der Waals surface area contributed by atoms with Crippen LogP contribution in [0.4, 0.5) is 0 Å². The summed E-state index contributed by atoms with van der Waals surface area (Å²) in [5.74, 6) is -0.0847. The number of hydrogen-bond acceptors (Lipinski definition) is 3. The number of aliphatic hydroxyl groups is 1. The molecule has 0 radical (unpaired) electrons. The van der Waals surface area contributed by atoms with Crippen LogP contribution in [0.25, 0.3) is 10.9 Å². The van der Waals surface area contributed by atoms with E-state index in [1.54, 1.807) is 12.3 Å². The third-order valence-corrected chi connectivity index (χ3v) is 4.10. The van der Waals surface area contributed by atoms with E-state index in [1.807, 2.05) is 24.3 Å². The molecule has 0 aliphatic heterocycles. The van der Waals surface area contributed by atoms with Crippen molar-refractivity contribution < 1.29 is 9.90 Å². The Bertz CT molecular complexity index is 630. The summed E-state index contributed by atoms with van der Waals surface area (Å²) in [6, 6.07) is 9.45. The lowest BCUT2D eigenvalue weighted by Crippen LogP contribution is -2.30. The zero-order chi connectivity index (χ0) is 14.0. The van der Waals surface area contributed by atoms with Gasteiger partial charge in [-0.15, -0.1) is 0 Å². The van der Waals surface area contributed by atoms with Crippen LogP contribution in [0.15, 0.2) is 36.5 Å². The van der Waals surface area contributed by atoms with E-state index in [9.17, 15) is 4.79 Å². The number of aromatic nitrogens is 1. The number of pyridine rings is 1. The van der Waals surface area contributed by atoms with Crippen molar-refractivity contribution >= 4 is 16.8 Å². The summed E-state index contributed by atoms with van der Waals surface area (Å²) in [7, 11) is 0. The monoisotopic (exact) mass is 270 g/mol. The molecule has 104 valence electrons. The summed E-state index contributed by atoms with van der Waals surface area (Å²) in [4.78, 5) is 16.6. The van der Waals surface area contributed by atoms with Crippen molar-refractivity contribution in [2.45, 2.75) is 19.3 Å². The topological polar surface area (TPSA) is 62.2 Å². The Hall–Kier alpha value is -1.94. The van der Waals surface area contributed by atoms with Gasteiger partial charge >= 0.3 is 0 Å². The number of benzene rings is 1. The van der Waals surface area contributed by atoms with E-state index >= 15 is 0 Å². The van der Waals surface area contributed by atoms with Crippen LogP contribution in [0.5, 0.6) is 0 Å². The predicted octanol–water partition coefficient (Wildman–Crippen LogP) is 2.13. The lowest BCUT2D eigenvalue weighted by atomic mass is 10.0. The molecule has 1 aromatic carbocycles. The van der Waals surface area contributed by atoms with Crippen LogP contribution < -0.4 is 5.32 Å². The van der Waals surface area contributed by atoms with Gasteiger partial charge in [-0.2, -0.15) is 0 Å². The van der Waals surface area contributed by atoms with Crippen LogP contribution in [0.2, 0.25) is 0 Å². The van der Waals surface area contributed by atoms with E-state index in [0.717, 1.165) is 30.2 Å². The smallest absolute Gasteiger partial charge is 0.253 e. The van der Waals surface area contributed by atoms with Gasteiger partial charge in [0.1, 0.15) is 0 Å². The van der Waals surface area contributed by atoms with E-state index in [2.05, 4.69) is 10.3 Å². The Balaban J connectivity index is 1.76. The molecule has 1 heterocycles. The van der Waals surface area contributed by atoms with Crippen molar-refractivity contribution in [1.29, 1.82) is 0 Å². The summed E-state index contributed by atoms with van der Waals surface area (Å²) in [5, 5.41) is 13.0. The van der Waals surface area contributed by atoms with Crippen LogP contribution in [-0.4, -0.2) is 29.1 Å². The summed E-state index contributed by atoms with van der Waals surface area (Å²) < 4.78 is 0. The minimum Gasteiger partial charge on any atom is -0.396 e. The van der Waals surface area contributed by atoms with Gasteiger partial charge in [-0.25, -0.2) is 0 Å². The fourth-order valence-corrected chi connectivity index (χ4v) is 2.58. The van der Waals surface area contributed by atoms with Crippen molar-refractivity contribution in [1.82, 2.24) is 10.3 Å².